The number of aromatic nitrogens is 2. The van der Waals surface area contributed by atoms with Crippen molar-refractivity contribution in [2.45, 2.75) is 32.7 Å². The van der Waals surface area contributed by atoms with Gasteiger partial charge in [-0.1, -0.05) is 41.9 Å². The third kappa shape index (κ3) is 4.83. The molecule has 2 aromatic carbocycles. The number of hydrogen-bond acceptors (Lipinski definition) is 3. The van der Waals surface area contributed by atoms with Crippen LogP contribution in [0, 0.1) is 11.7 Å². The van der Waals surface area contributed by atoms with Gasteiger partial charge in [-0.3, -0.25) is 19.5 Å². The van der Waals surface area contributed by atoms with E-state index in [2.05, 4.69) is 10.3 Å². The van der Waals surface area contributed by atoms with Crippen LogP contribution in [0.5, 0.6) is 0 Å². The van der Waals surface area contributed by atoms with Crippen LogP contribution >= 0.6 is 11.6 Å². The van der Waals surface area contributed by atoms with Crippen molar-refractivity contribution < 1.29 is 14.0 Å². The van der Waals surface area contributed by atoms with Crippen LogP contribution in [0.3, 0.4) is 0 Å². The maximum Gasteiger partial charge on any atom is 0.246 e. The summed E-state index contributed by atoms with van der Waals surface area (Å²) in [4.78, 5) is 31.6. The number of anilines is 1. The normalized spacial score (nSPS) is 13.3. The lowest BCUT2D eigenvalue weighted by Crippen LogP contribution is -2.43. The second-order valence-electron chi connectivity index (χ2n) is 8.17. The molecule has 4 rings (SSSR count). The highest BCUT2D eigenvalue weighted by Gasteiger charge is 2.35. The fourth-order valence-corrected chi connectivity index (χ4v) is 3.62. The number of halogens is 2. The average molecular weight is 455 g/mol. The number of carbonyl (C=O) groups excluding carboxylic acids is 2. The smallest absolute Gasteiger partial charge is 0.246 e. The zero-order valence-corrected chi connectivity index (χ0v) is 18.6. The monoisotopic (exact) mass is 454 g/mol. The second-order valence-corrected chi connectivity index (χ2v) is 8.57. The Hall–Kier alpha value is -3.19. The van der Waals surface area contributed by atoms with Crippen LogP contribution in [-0.2, 0) is 9.59 Å². The molecule has 1 aromatic heterocycles. The van der Waals surface area contributed by atoms with Gasteiger partial charge in [-0.05, 0) is 44.9 Å². The Labute approximate surface area is 191 Å². The van der Waals surface area contributed by atoms with Gasteiger partial charge in [-0.15, -0.1) is 0 Å². The Kier molecular flexibility index (Phi) is 6.28. The van der Waals surface area contributed by atoms with Crippen molar-refractivity contribution in [2.75, 3.05) is 11.9 Å². The number of benzene rings is 2. The summed E-state index contributed by atoms with van der Waals surface area (Å²) in [6.07, 6.45) is 3.50. The van der Waals surface area contributed by atoms with E-state index >= 15 is 0 Å². The molecule has 0 unspecified atom stereocenters. The number of nitrogens with one attached hydrogen (secondary N) is 1. The van der Waals surface area contributed by atoms with Crippen molar-refractivity contribution >= 4 is 29.4 Å². The highest BCUT2D eigenvalue weighted by atomic mass is 35.5. The van der Waals surface area contributed by atoms with Gasteiger partial charge in [0.15, 0.2) is 0 Å². The SMILES string of the molecule is CC(C)N(CC(=O)Nc1nc(-c2ccccc2)cn1-c1ccc(F)c(Cl)c1)C(=O)C1CC1. The van der Waals surface area contributed by atoms with E-state index in [-0.39, 0.29) is 41.3 Å². The summed E-state index contributed by atoms with van der Waals surface area (Å²) in [5.41, 5.74) is 2.05. The van der Waals surface area contributed by atoms with Gasteiger partial charge in [0, 0.05) is 23.7 Å². The van der Waals surface area contributed by atoms with Gasteiger partial charge in [0.05, 0.1) is 16.4 Å². The van der Waals surface area contributed by atoms with E-state index < -0.39 is 5.82 Å². The van der Waals surface area contributed by atoms with Crippen molar-refractivity contribution in [3.05, 3.63) is 65.6 Å². The first-order valence-corrected chi connectivity index (χ1v) is 10.9. The summed E-state index contributed by atoms with van der Waals surface area (Å²) in [5.74, 6) is -0.589. The van der Waals surface area contributed by atoms with Gasteiger partial charge in [-0.2, -0.15) is 0 Å². The number of rotatable bonds is 7. The highest BCUT2D eigenvalue weighted by molar-refractivity contribution is 6.30. The molecule has 32 heavy (non-hydrogen) atoms. The molecule has 1 heterocycles. The van der Waals surface area contributed by atoms with E-state index in [9.17, 15) is 14.0 Å². The zero-order valence-electron chi connectivity index (χ0n) is 17.9. The van der Waals surface area contributed by atoms with Gasteiger partial charge in [0.1, 0.15) is 12.4 Å². The minimum absolute atomic E-state index is 0.00813. The van der Waals surface area contributed by atoms with Crippen molar-refractivity contribution in [3.8, 4) is 16.9 Å². The zero-order chi connectivity index (χ0) is 22.8. The predicted octanol–water partition coefficient (Wildman–Crippen LogP) is 4.92. The van der Waals surface area contributed by atoms with E-state index in [0.29, 0.717) is 11.4 Å². The first-order chi connectivity index (χ1) is 15.3. The van der Waals surface area contributed by atoms with E-state index in [4.69, 9.17) is 11.6 Å². The summed E-state index contributed by atoms with van der Waals surface area (Å²) in [6, 6.07) is 13.7. The van der Waals surface area contributed by atoms with E-state index in [1.54, 1.807) is 21.7 Å². The summed E-state index contributed by atoms with van der Waals surface area (Å²) >= 11 is 5.98. The molecule has 1 aliphatic rings. The van der Waals surface area contributed by atoms with Gasteiger partial charge < -0.3 is 4.90 Å². The van der Waals surface area contributed by atoms with Crippen LogP contribution in [0.15, 0.2) is 54.7 Å². The molecule has 0 bridgehead atoms. The minimum Gasteiger partial charge on any atom is -0.331 e. The number of amides is 2. The predicted molar refractivity (Wildman–Crippen MR) is 122 cm³/mol. The Balaban J connectivity index is 1.64. The molecule has 1 saturated carbocycles. The van der Waals surface area contributed by atoms with Crippen LogP contribution in [0.2, 0.25) is 5.02 Å². The fourth-order valence-electron chi connectivity index (χ4n) is 3.45. The Bertz CT molecular complexity index is 1140. The fraction of sp³-hybridized carbons (Fsp3) is 0.292. The topological polar surface area (TPSA) is 67.2 Å². The third-order valence-electron chi connectivity index (χ3n) is 5.36. The van der Waals surface area contributed by atoms with Crippen LogP contribution in [0.1, 0.15) is 26.7 Å². The van der Waals surface area contributed by atoms with Gasteiger partial charge in [-0.25, -0.2) is 9.37 Å². The number of nitrogens with zero attached hydrogens (tertiary/aromatic N) is 3. The standard InChI is InChI=1S/C24H24ClFN4O2/c1-15(2)29(23(32)17-8-9-17)14-22(31)28-24-27-21(16-6-4-3-5-7-16)13-30(24)18-10-11-20(26)19(25)12-18/h3-7,10-13,15,17H,8-9,14H2,1-2H3,(H,27,28,31). The maximum atomic E-state index is 13.7. The number of hydrogen-bond donors (Lipinski definition) is 1. The second kappa shape index (κ2) is 9.12. The molecule has 8 heteroatoms. The van der Waals surface area contributed by atoms with E-state index in [0.717, 1.165) is 18.4 Å². The lowest BCUT2D eigenvalue weighted by atomic mass is 10.2. The van der Waals surface area contributed by atoms with Gasteiger partial charge >= 0.3 is 0 Å². The molecule has 166 valence electrons. The lowest BCUT2D eigenvalue weighted by Gasteiger charge is -2.26. The summed E-state index contributed by atoms with van der Waals surface area (Å²) in [7, 11) is 0. The molecule has 1 N–H and O–H groups in total. The van der Waals surface area contributed by atoms with E-state index in [1.165, 1.54) is 12.1 Å². The van der Waals surface area contributed by atoms with Gasteiger partial charge in [0.2, 0.25) is 17.8 Å². The van der Waals surface area contributed by atoms with Crippen LogP contribution in [0.4, 0.5) is 10.3 Å². The lowest BCUT2D eigenvalue weighted by molar-refractivity contribution is -0.137. The molecular formula is C24H24ClFN4O2. The quantitative estimate of drug-likeness (QED) is 0.551. The molecule has 0 saturated heterocycles. The number of carbonyl (C=O) groups is 2. The molecule has 0 atom stereocenters. The molecular weight excluding hydrogens is 431 g/mol. The van der Waals surface area contributed by atoms with Crippen LogP contribution < -0.4 is 5.32 Å². The first kappa shape index (κ1) is 22.0. The molecule has 0 spiro atoms. The van der Waals surface area contributed by atoms with Crippen molar-refractivity contribution in [3.63, 3.8) is 0 Å². The molecule has 2 amide bonds. The Morgan fingerprint density at radius 3 is 2.56 bits per heavy atom. The van der Waals surface area contributed by atoms with Crippen molar-refractivity contribution in [2.24, 2.45) is 5.92 Å². The summed E-state index contributed by atoms with van der Waals surface area (Å²) in [5, 5.41) is 2.78. The Morgan fingerprint density at radius 2 is 1.94 bits per heavy atom. The highest BCUT2D eigenvalue weighted by Crippen LogP contribution is 2.32. The molecule has 3 aromatic rings. The third-order valence-corrected chi connectivity index (χ3v) is 5.64. The number of imidazole rings is 1. The minimum atomic E-state index is -0.532. The molecule has 6 nitrogen and oxygen atoms in total. The molecule has 1 fully saturated rings. The summed E-state index contributed by atoms with van der Waals surface area (Å²) in [6.45, 7) is 3.72. The average Bonchev–Trinajstić information content (AvgIpc) is 3.54. The van der Waals surface area contributed by atoms with Gasteiger partial charge in [0.25, 0.3) is 0 Å². The van der Waals surface area contributed by atoms with Crippen molar-refractivity contribution in [1.82, 2.24) is 14.5 Å². The Morgan fingerprint density at radius 1 is 1.22 bits per heavy atom. The molecule has 0 radical (unpaired) electrons. The van der Waals surface area contributed by atoms with Crippen molar-refractivity contribution in [1.29, 1.82) is 0 Å². The van der Waals surface area contributed by atoms with Crippen LogP contribution in [0.25, 0.3) is 16.9 Å². The maximum absolute atomic E-state index is 13.7. The first-order valence-electron chi connectivity index (χ1n) is 10.5. The molecule has 0 aliphatic heterocycles. The summed E-state index contributed by atoms with van der Waals surface area (Å²) < 4.78 is 15.3. The largest absolute Gasteiger partial charge is 0.331 e. The van der Waals surface area contributed by atoms with Crippen LogP contribution in [-0.4, -0.2) is 38.9 Å². The molecule has 1 aliphatic carbocycles. The van der Waals surface area contributed by atoms with E-state index in [1.807, 2.05) is 44.2 Å².